The molecule has 0 radical (unpaired) electrons. The van der Waals surface area contributed by atoms with Gasteiger partial charge in [0.1, 0.15) is 10.8 Å². The Morgan fingerprint density at radius 1 is 1.69 bits per heavy atom. The second-order valence-electron chi connectivity index (χ2n) is 3.30. The molecular weight excluding hydrogens is 248 g/mol. The van der Waals surface area contributed by atoms with E-state index in [0.29, 0.717) is 12.0 Å². The smallest absolute Gasteiger partial charge is 0.233 e. The van der Waals surface area contributed by atoms with Crippen LogP contribution in [-0.2, 0) is 10.0 Å². The third-order valence-electron chi connectivity index (χ3n) is 1.93. The van der Waals surface area contributed by atoms with Crippen LogP contribution in [-0.4, -0.2) is 29.4 Å². The molecule has 16 heavy (non-hydrogen) atoms. The molecule has 0 aliphatic rings. The predicted molar refractivity (Wildman–Crippen MR) is 66.8 cm³/mol. The third-order valence-corrected chi connectivity index (χ3v) is 3.49. The Kier molecular flexibility index (Phi) is 4.25. The topological polar surface area (TPSA) is 101 Å². The molecule has 8 heteroatoms. The highest BCUT2D eigenvalue weighted by Gasteiger charge is 2.14. The summed E-state index contributed by atoms with van der Waals surface area (Å²) in [5.74, 6) is 0.294. The van der Waals surface area contributed by atoms with Gasteiger partial charge in [-0.3, -0.25) is 9.82 Å². The lowest BCUT2D eigenvalue weighted by atomic mass is 10.3. The van der Waals surface area contributed by atoms with Gasteiger partial charge < -0.3 is 5.73 Å². The number of aromatic amines is 1. The van der Waals surface area contributed by atoms with Crippen molar-refractivity contribution in [3.8, 4) is 0 Å². The number of H-pyrrole nitrogens is 1. The molecule has 0 amide bonds. The average Bonchev–Trinajstić information content (AvgIpc) is 2.62. The molecule has 0 atom stereocenters. The third kappa shape index (κ3) is 3.46. The number of hydrogen-bond donors (Lipinski definition) is 3. The predicted octanol–water partition coefficient (Wildman–Crippen LogP) is 0.586. The molecule has 1 heterocycles. The molecule has 0 spiro atoms. The van der Waals surface area contributed by atoms with Gasteiger partial charge in [0.2, 0.25) is 10.0 Å². The summed E-state index contributed by atoms with van der Waals surface area (Å²) in [5, 5.41) is 6.20. The first-order valence-electron chi connectivity index (χ1n) is 4.80. The Hall–Kier alpha value is -1.15. The Morgan fingerprint density at radius 2 is 2.38 bits per heavy atom. The van der Waals surface area contributed by atoms with E-state index in [1.54, 1.807) is 0 Å². The quantitative estimate of drug-likeness (QED) is 0.651. The summed E-state index contributed by atoms with van der Waals surface area (Å²) in [4.78, 5) is 0.0990. The van der Waals surface area contributed by atoms with Gasteiger partial charge in [0.15, 0.2) is 0 Å². The van der Waals surface area contributed by atoms with Gasteiger partial charge in [0, 0.05) is 0 Å². The molecule has 0 saturated carbocycles. The van der Waals surface area contributed by atoms with E-state index in [1.807, 2.05) is 6.92 Å². The van der Waals surface area contributed by atoms with Crippen LogP contribution in [0.4, 0.5) is 5.82 Å². The second-order valence-corrected chi connectivity index (χ2v) is 5.58. The maximum atomic E-state index is 11.6. The monoisotopic (exact) mass is 262 g/mol. The van der Waals surface area contributed by atoms with Crippen LogP contribution in [0.3, 0.4) is 0 Å². The van der Waals surface area contributed by atoms with Crippen molar-refractivity contribution in [3.63, 3.8) is 0 Å². The Bertz CT molecular complexity index is 466. The molecule has 0 bridgehead atoms. The number of rotatable bonds is 6. The van der Waals surface area contributed by atoms with Crippen LogP contribution in [0.25, 0.3) is 0 Å². The fourth-order valence-electron chi connectivity index (χ4n) is 1.09. The lowest BCUT2D eigenvalue weighted by Crippen LogP contribution is -2.19. The number of hydrogen-bond acceptors (Lipinski definition) is 4. The van der Waals surface area contributed by atoms with Crippen molar-refractivity contribution in [2.45, 2.75) is 19.8 Å². The largest absolute Gasteiger partial charge is 0.389 e. The number of aromatic nitrogens is 2. The number of unbranched alkanes of at least 4 members (excludes halogenated alkanes) is 1. The van der Waals surface area contributed by atoms with Crippen LogP contribution in [0, 0.1) is 0 Å². The van der Waals surface area contributed by atoms with Crippen LogP contribution in [0.2, 0.25) is 0 Å². The summed E-state index contributed by atoms with van der Waals surface area (Å²) >= 11 is 4.76. The molecule has 0 aromatic carbocycles. The highest BCUT2D eigenvalue weighted by Crippen LogP contribution is 2.13. The summed E-state index contributed by atoms with van der Waals surface area (Å²) in [7, 11) is -3.36. The number of nitrogens with two attached hydrogens (primary N) is 1. The summed E-state index contributed by atoms with van der Waals surface area (Å²) in [6, 6.07) is 0. The van der Waals surface area contributed by atoms with Crippen LogP contribution in [0.5, 0.6) is 0 Å². The van der Waals surface area contributed by atoms with Crippen LogP contribution in [0.15, 0.2) is 6.20 Å². The van der Waals surface area contributed by atoms with Gasteiger partial charge in [-0.2, -0.15) is 5.10 Å². The van der Waals surface area contributed by atoms with E-state index < -0.39 is 10.0 Å². The van der Waals surface area contributed by atoms with E-state index in [0.717, 1.165) is 6.42 Å². The second kappa shape index (κ2) is 5.26. The molecular formula is C8H14N4O2S2. The minimum atomic E-state index is -3.36. The maximum Gasteiger partial charge on any atom is 0.233 e. The highest BCUT2D eigenvalue weighted by molar-refractivity contribution is 7.92. The molecule has 1 aromatic heterocycles. The van der Waals surface area contributed by atoms with Crippen molar-refractivity contribution in [1.82, 2.24) is 10.2 Å². The van der Waals surface area contributed by atoms with E-state index in [9.17, 15) is 8.42 Å². The van der Waals surface area contributed by atoms with E-state index in [1.165, 1.54) is 6.20 Å². The molecule has 0 aliphatic carbocycles. The van der Waals surface area contributed by atoms with Gasteiger partial charge in [-0.15, -0.1) is 0 Å². The normalized spacial score (nSPS) is 11.3. The molecule has 90 valence electrons. The van der Waals surface area contributed by atoms with E-state index in [-0.39, 0.29) is 16.6 Å². The molecule has 0 aliphatic heterocycles. The minimum absolute atomic E-state index is 0.0687. The van der Waals surface area contributed by atoms with E-state index in [4.69, 9.17) is 18.0 Å². The zero-order valence-electron chi connectivity index (χ0n) is 8.86. The van der Waals surface area contributed by atoms with Gasteiger partial charge in [-0.1, -0.05) is 25.6 Å². The summed E-state index contributed by atoms with van der Waals surface area (Å²) in [6.07, 6.45) is 2.80. The Morgan fingerprint density at radius 3 is 2.94 bits per heavy atom. The van der Waals surface area contributed by atoms with Crippen LogP contribution >= 0.6 is 12.2 Å². The summed E-state index contributed by atoms with van der Waals surface area (Å²) in [5.41, 5.74) is 5.81. The van der Waals surface area contributed by atoms with Gasteiger partial charge >= 0.3 is 0 Å². The van der Waals surface area contributed by atoms with Gasteiger partial charge in [-0.05, 0) is 6.42 Å². The molecule has 1 aromatic rings. The van der Waals surface area contributed by atoms with Crippen molar-refractivity contribution in [2.75, 3.05) is 10.5 Å². The maximum absolute atomic E-state index is 11.6. The Labute approximate surface area is 99.7 Å². The number of anilines is 1. The zero-order chi connectivity index (χ0) is 12.2. The number of sulfonamides is 1. The van der Waals surface area contributed by atoms with Gasteiger partial charge in [-0.25, -0.2) is 8.42 Å². The summed E-state index contributed by atoms with van der Waals surface area (Å²) < 4.78 is 25.5. The number of thiocarbonyl (C=S) groups is 1. The molecule has 6 nitrogen and oxygen atoms in total. The van der Waals surface area contributed by atoms with Crippen LogP contribution < -0.4 is 10.5 Å². The fraction of sp³-hybridized carbons (Fsp3) is 0.500. The number of nitrogens with one attached hydrogen (secondary N) is 2. The first-order valence-corrected chi connectivity index (χ1v) is 6.86. The van der Waals surface area contributed by atoms with E-state index in [2.05, 4.69) is 14.9 Å². The first kappa shape index (κ1) is 12.9. The lowest BCUT2D eigenvalue weighted by molar-refractivity contribution is 0.597. The average molecular weight is 262 g/mol. The first-order chi connectivity index (χ1) is 7.46. The Balaban J connectivity index is 2.80. The molecule has 0 saturated heterocycles. The van der Waals surface area contributed by atoms with Crippen molar-refractivity contribution in [3.05, 3.63) is 11.8 Å². The van der Waals surface area contributed by atoms with Crippen molar-refractivity contribution in [1.29, 1.82) is 0 Å². The van der Waals surface area contributed by atoms with Crippen molar-refractivity contribution in [2.24, 2.45) is 5.73 Å². The zero-order valence-corrected chi connectivity index (χ0v) is 10.5. The van der Waals surface area contributed by atoms with Crippen molar-refractivity contribution < 1.29 is 8.42 Å². The standard InChI is InChI=1S/C8H14N4O2S2/c1-2-3-4-16(13,14)12-8-6(7(9)15)5-10-11-8/h5H,2-4H2,1H3,(H2,9,15)(H2,10,11,12). The molecule has 4 N–H and O–H groups in total. The lowest BCUT2D eigenvalue weighted by Gasteiger charge is -2.06. The number of nitrogens with zero attached hydrogens (tertiary/aromatic N) is 1. The van der Waals surface area contributed by atoms with Gasteiger partial charge in [0.25, 0.3) is 0 Å². The molecule has 0 unspecified atom stereocenters. The molecule has 1 rings (SSSR count). The fourth-order valence-corrected chi connectivity index (χ4v) is 2.48. The highest BCUT2D eigenvalue weighted by atomic mass is 32.2. The SMILES string of the molecule is CCCCS(=O)(=O)Nc1[nH]ncc1C(N)=S. The van der Waals surface area contributed by atoms with Crippen molar-refractivity contribution >= 4 is 33.0 Å². The van der Waals surface area contributed by atoms with E-state index >= 15 is 0 Å². The minimum Gasteiger partial charge on any atom is -0.389 e. The summed E-state index contributed by atoms with van der Waals surface area (Å²) in [6.45, 7) is 1.92. The van der Waals surface area contributed by atoms with Crippen LogP contribution in [0.1, 0.15) is 25.3 Å². The molecule has 0 fully saturated rings. The van der Waals surface area contributed by atoms with Gasteiger partial charge in [0.05, 0.1) is 17.5 Å².